The molecule has 0 aliphatic carbocycles. The number of hydrogen-bond donors (Lipinski definition) is 2. The number of pyridine rings is 1. The number of aryl methyl sites for hydroxylation is 1. The minimum absolute atomic E-state index is 0.0383. The summed E-state index contributed by atoms with van der Waals surface area (Å²) in [6.45, 7) is 1.65. The molecule has 42 heavy (non-hydrogen) atoms. The molecule has 2 aliphatic rings. The second-order valence-electron chi connectivity index (χ2n) is 11.0. The molecule has 0 amide bonds. The Morgan fingerprint density at radius 3 is 2.64 bits per heavy atom. The topological polar surface area (TPSA) is 92.5 Å². The molecule has 3 aromatic carbocycles. The number of aromatic nitrogens is 3. The van der Waals surface area contributed by atoms with Crippen LogP contribution in [-0.2, 0) is 13.7 Å². The average molecular weight is 562 g/mol. The minimum Gasteiger partial charge on any atom is -0.508 e. The lowest BCUT2D eigenvalue weighted by Gasteiger charge is -2.34. The Kier molecular flexibility index (Phi) is 6.29. The van der Waals surface area contributed by atoms with Crippen molar-refractivity contribution < 1.29 is 14.2 Å². The lowest BCUT2D eigenvalue weighted by atomic mass is 9.95. The number of benzene rings is 3. The van der Waals surface area contributed by atoms with Crippen LogP contribution in [0.1, 0.15) is 24.0 Å². The van der Waals surface area contributed by atoms with Gasteiger partial charge in [-0.05, 0) is 42.0 Å². The second kappa shape index (κ2) is 10.2. The lowest BCUT2D eigenvalue weighted by molar-refractivity contribution is 0.309. The van der Waals surface area contributed by atoms with Gasteiger partial charge in [0.2, 0.25) is 0 Å². The van der Waals surface area contributed by atoms with Gasteiger partial charge in [-0.25, -0.2) is 9.18 Å². The smallest absolute Gasteiger partial charge is 0.349 e. The number of terminal acetylenes is 1. The first-order valence-corrected chi connectivity index (χ1v) is 13.9. The Labute approximate surface area is 241 Å². The molecule has 4 heterocycles. The molecule has 2 aliphatic heterocycles. The first-order chi connectivity index (χ1) is 20.4. The fourth-order valence-corrected chi connectivity index (χ4v) is 6.32. The van der Waals surface area contributed by atoms with Gasteiger partial charge in [0.05, 0.1) is 10.9 Å². The third-order valence-corrected chi connectivity index (χ3v) is 8.27. The third-order valence-electron chi connectivity index (χ3n) is 8.27. The summed E-state index contributed by atoms with van der Waals surface area (Å²) in [5.74, 6) is 2.75. The van der Waals surface area contributed by atoms with Crippen molar-refractivity contribution in [2.75, 3.05) is 18.0 Å². The van der Waals surface area contributed by atoms with E-state index in [1.807, 2.05) is 30.3 Å². The van der Waals surface area contributed by atoms with Crippen LogP contribution in [-0.4, -0.2) is 44.8 Å². The molecular weight excluding hydrogens is 533 g/mol. The Hall–Kier alpha value is -4.94. The third kappa shape index (κ3) is 4.32. The summed E-state index contributed by atoms with van der Waals surface area (Å²) in [7, 11) is 1.65. The van der Waals surface area contributed by atoms with Gasteiger partial charge in [-0.2, -0.15) is 4.98 Å². The van der Waals surface area contributed by atoms with Crippen LogP contribution < -0.4 is 20.6 Å². The molecule has 2 atom stereocenters. The van der Waals surface area contributed by atoms with Crippen LogP contribution in [0.25, 0.3) is 32.9 Å². The van der Waals surface area contributed by atoms with Crippen LogP contribution in [0, 0.1) is 18.2 Å². The van der Waals surface area contributed by atoms with Crippen molar-refractivity contribution in [3.8, 4) is 35.1 Å². The number of anilines is 1. The van der Waals surface area contributed by atoms with E-state index in [4.69, 9.17) is 16.1 Å². The van der Waals surface area contributed by atoms with Gasteiger partial charge in [-0.3, -0.25) is 9.55 Å². The van der Waals surface area contributed by atoms with Gasteiger partial charge < -0.3 is 20.1 Å². The number of phenols is 1. The molecule has 0 spiro atoms. The highest BCUT2D eigenvalue weighted by molar-refractivity contribution is 6.05. The van der Waals surface area contributed by atoms with Crippen LogP contribution in [0.4, 0.5) is 10.2 Å². The van der Waals surface area contributed by atoms with Crippen molar-refractivity contribution in [2.45, 2.75) is 31.5 Å². The maximum absolute atomic E-state index is 15.0. The van der Waals surface area contributed by atoms with E-state index >= 15 is 0 Å². The highest BCUT2D eigenvalue weighted by Gasteiger charge is 2.34. The van der Waals surface area contributed by atoms with E-state index in [-0.39, 0.29) is 17.9 Å². The first-order valence-electron chi connectivity index (χ1n) is 13.9. The zero-order chi connectivity index (χ0) is 29.0. The van der Waals surface area contributed by atoms with Crippen molar-refractivity contribution in [3.63, 3.8) is 0 Å². The Bertz CT molecular complexity index is 1960. The molecule has 5 aromatic rings. The molecule has 210 valence electrons. The van der Waals surface area contributed by atoms with Crippen molar-refractivity contribution in [3.05, 3.63) is 88.2 Å². The molecule has 2 unspecified atom stereocenters. The van der Waals surface area contributed by atoms with Crippen LogP contribution in [0.2, 0.25) is 0 Å². The number of phenolic OH excluding ortho intramolecular Hbond substituents is 1. The predicted octanol–water partition coefficient (Wildman–Crippen LogP) is 4.49. The van der Waals surface area contributed by atoms with E-state index in [0.29, 0.717) is 56.6 Å². The van der Waals surface area contributed by atoms with Crippen molar-refractivity contribution in [2.24, 2.45) is 7.05 Å². The van der Waals surface area contributed by atoms with Gasteiger partial charge >= 0.3 is 5.69 Å². The number of rotatable bonds is 5. The number of hydrogen-bond acceptors (Lipinski definition) is 7. The maximum atomic E-state index is 15.0. The molecular formula is C33H28FN5O3. The summed E-state index contributed by atoms with van der Waals surface area (Å²) in [6, 6.07) is 16.2. The largest absolute Gasteiger partial charge is 0.508 e. The van der Waals surface area contributed by atoms with E-state index in [1.54, 1.807) is 19.3 Å². The zero-order valence-electron chi connectivity index (χ0n) is 23.0. The molecule has 8 nitrogen and oxygen atoms in total. The van der Waals surface area contributed by atoms with Crippen LogP contribution >= 0.6 is 0 Å². The van der Waals surface area contributed by atoms with Gasteiger partial charge in [-0.15, -0.1) is 6.42 Å². The monoisotopic (exact) mass is 561 g/mol. The summed E-state index contributed by atoms with van der Waals surface area (Å²) in [4.78, 5) is 24.9. The molecule has 7 rings (SSSR count). The Balaban J connectivity index is 1.51. The van der Waals surface area contributed by atoms with E-state index < -0.39 is 11.5 Å². The van der Waals surface area contributed by atoms with Crippen LogP contribution in [0.3, 0.4) is 0 Å². The molecule has 9 heteroatoms. The molecule has 2 aromatic heterocycles. The molecule has 2 fully saturated rings. The zero-order valence-corrected chi connectivity index (χ0v) is 23.0. The lowest BCUT2D eigenvalue weighted by Crippen LogP contribution is -2.51. The summed E-state index contributed by atoms with van der Waals surface area (Å²) >= 11 is 0. The standard InChI is InChI=1S/C33H28FN5O3/c1-3-24-27(34)12-9-20-13-23(40)14-25(28(20)24)29-31(42-18-19-7-5-4-6-8-19)30-26(15-35-29)32(37-33(41)38(30)2)39-16-21-10-11-22(17-39)36-21/h1,4-9,12-15,21-22,36,40H,10-11,16-18H2,2H3. The summed E-state index contributed by atoms with van der Waals surface area (Å²) < 4.78 is 22.9. The quantitative estimate of drug-likeness (QED) is 0.306. The molecule has 0 saturated carbocycles. The normalized spacial score (nSPS) is 18.0. The van der Waals surface area contributed by atoms with Gasteiger partial charge in [0.1, 0.15) is 35.2 Å². The van der Waals surface area contributed by atoms with Crippen molar-refractivity contribution in [1.82, 2.24) is 19.9 Å². The molecule has 2 N–H and O–H groups in total. The number of aromatic hydroxyl groups is 1. The second-order valence-corrected chi connectivity index (χ2v) is 11.0. The number of piperazine rings is 1. The van der Waals surface area contributed by atoms with E-state index in [0.717, 1.165) is 31.5 Å². The van der Waals surface area contributed by atoms with Crippen LogP contribution in [0.15, 0.2) is 65.6 Å². The van der Waals surface area contributed by atoms with Gasteiger partial charge in [0, 0.05) is 49.4 Å². The summed E-state index contributed by atoms with van der Waals surface area (Å²) in [5, 5.41) is 16.0. The molecule has 2 bridgehead atoms. The van der Waals surface area contributed by atoms with E-state index in [9.17, 15) is 14.3 Å². The Morgan fingerprint density at radius 1 is 1.14 bits per heavy atom. The first kappa shape index (κ1) is 26.0. The van der Waals surface area contributed by atoms with E-state index in [1.165, 1.54) is 22.8 Å². The number of nitrogens with one attached hydrogen (secondary N) is 1. The number of halogens is 1. The number of ether oxygens (including phenoxy) is 1. The SMILES string of the molecule is C#Cc1c(F)ccc2cc(O)cc(-c3ncc4c(N5CC6CCC(C5)N6)nc(=O)n(C)c4c3OCc3ccccc3)c12. The fraction of sp³-hybridized carbons (Fsp3) is 0.242. The highest BCUT2D eigenvalue weighted by Crippen LogP contribution is 2.43. The molecule has 2 saturated heterocycles. The van der Waals surface area contributed by atoms with Gasteiger partial charge in [0.15, 0.2) is 5.75 Å². The van der Waals surface area contributed by atoms with Gasteiger partial charge in [-0.1, -0.05) is 42.3 Å². The fourth-order valence-electron chi connectivity index (χ4n) is 6.32. The summed E-state index contributed by atoms with van der Waals surface area (Å²) in [6.07, 6.45) is 9.61. The van der Waals surface area contributed by atoms with E-state index in [2.05, 4.69) is 21.1 Å². The molecule has 0 radical (unpaired) electrons. The number of nitrogens with zero attached hydrogens (tertiary/aromatic N) is 4. The maximum Gasteiger partial charge on any atom is 0.349 e. The van der Waals surface area contributed by atoms with Crippen LogP contribution in [0.5, 0.6) is 11.5 Å². The predicted molar refractivity (Wildman–Crippen MR) is 160 cm³/mol. The summed E-state index contributed by atoms with van der Waals surface area (Å²) in [5.41, 5.74) is 1.77. The number of fused-ring (bicyclic) bond motifs is 4. The minimum atomic E-state index is -0.559. The van der Waals surface area contributed by atoms with Crippen molar-refractivity contribution in [1.29, 1.82) is 0 Å². The highest BCUT2D eigenvalue weighted by atomic mass is 19.1. The van der Waals surface area contributed by atoms with Gasteiger partial charge in [0.25, 0.3) is 0 Å². The van der Waals surface area contributed by atoms with Crippen molar-refractivity contribution >= 4 is 27.5 Å². The average Bonchev–Trinajstić information content (AvgIpc) is 3.34. The Morgan fingerprint density at radius 2 is 1.90 bits per heavy atom.